The number of aromatic nitrogens is 2. The van der Waals surface area contributed by atoms with Crippen LogP contribution in [0.5, 0.6) is 0 Å². The first-order valence-electron chi connectivity index (χ1n) is 6.34. The molecule has 3 aromatic rings. The summed E-state index contributed by atoms with van der Waals surface area (Å²) in [5.74, 6) is -0.0985. The van der Waals surface area contributed by atoms with Gasteiger partial charge in [0.1, 0.15) is 0 Å². The van der Waals surface area contributed by atoms with E-state index >= 15 is 0 Å². The van der Waals surface area contributed by atoms with E-state index in [9.17, 15) is 4.79 Å². The average molecular weight is 362 g/mol. The third-order valence-corrected chi connectivity index (χ3v) is 4.58. The molecule has 0 radical (unpaired) electrons. The molecule has 2 aromatic heterocycles. The molecule has 1 aromatic carbocycles. The Balaban J connectivity index is 1.80. The zero-order chi connectivity index (χ0) is 14.7. The Labute approximate surface area is 134 Å². The fraction of sp³-hybridized carbons (Fsp3) is 0.0667. The lowest BCUT2D eigenvalue weighted by Crippen LogP contribution is -2.13. The van der Waals surface area contributed by atoms with Crippen molar-refractivity contribution in [3.8, 4) is 0 Å². The van der Waals surface area contributed by atoms with Crippen LogP contribution in [0.15, 0.2) is 58.6 Å². The zero-order valence-corrected chi connectivity index (χ0v) is 13.4. The third kappa shape index (κ3) is 3.40. The van der Waals surface area contributed by atoms with Crippen LogP contribution in [0.4, 0.5) is 5.69 Å². The first-order valence-corrected chi connectivity index (χ1v) is 7.95. The molecule has 0 unspecified atom stereocenters. The fourth-order valence-electron chi connectivity index (χ4n) is 1.97. The highest BCUT2D eigenvalue weighted by Crippen LogP contribution is 2.24. The molecule has 0 fully saturated rings. The van der Waals surface area contributed by atoms with Crippen molar-refractivity contribution in [2.24, 2.45) is 0 Å². The molecule has 3 rings (SSSR count). The van der Waals surface area contributed by atoms with E-state index in [1.807, 2.05) is 47.3 Å². The Bertz CT molecular complexity index is 752. The van der Waals surface area contributed by atoms with Crippen molar-refractivity contribution in [2.75, 3.05) is 5.32 Å². The molecule has 106 valence electrons. The minimum Gasteiger partial charge on any atom is -0.321 e. The smallest absolute Gasteiger partial charge is 0.265 e. The van der Waals surface area contributed by atoms with E-state index < -0.39 is 0 Å². The third-order valence-electron chi connectivity index (χ3n) is 2.95. The molecule has 0 aliphatic rings. The molecule has 0 saturated carbocycles. The Morgan fingerprint density at radius 3 is 2.81 bits per heavy atom. The maximum absolute atomic E-state index is 12.2. The summed E-state index contributed by atoms with van der Waals surface area (Å²) in [6, 6.07) is 13.3. The van der Waals surface area contributed by atoms with Gasteiger partial charge in [0.2, 0.25) is 0 Å². The lowest BCUT2D eigenvalue weighted by Gasteiger charge is -2.10. The molecule has 0 aliphatic heterocycles. The summed E-state index contributed by atoms with van der Waals surface area (Å²) < 4.78 is 2.77. The van der Waals surface area contributed by atoms with Gasteiger partial charge >= 0.3 is 0 Å². The van der Waals surface area contributed by atoms with Crippen molar-refractivity contribution in [1.82, 2.24) is 9.78 Å². The summed E-state index contributed by atoms with van der Waals surface area (Å²) >= 11 is 4.78. The molecule has 0 aliphatic carbocycles. The van der Waals surface area contributed by atoms with Crippen LogP contribution in [0.2, 0.25) is 0 Å². The number of benzene rings is 1. The van der Waals surface area contributed by atoms with Crippen LogP contribution in [-0.4, -0.2) is 15.7 Å². The largest absolute Gasteiger partial charge is 0.321 e. The highest BCUT2D eigenvalue weighted by Gasteiger charge is 2.11. The molecular weight excluding hydrogens is 350 g/mol. The average Bonchev–Trinajstić information content (AvgIpc) is 3.12. The monoisotopic (exact) mass is 361 g/mol. The van der Waals surface area contributed by atoms with Gasteiger partial charge in [-0.15, -0.1) is 11.3 Å². The first-order chi connectivity index (χ1) is 10.2. The van der Waals surface area contributed by atoms with Gasteiger partial charge in [0.05, 0.1) is 15.2 Å². The van der Waals surface area contributed by atoms with Gasteiger partial charge in [-0.05, 0) is 45.8 Å². The summed E-state index contributed by atoms with van der Waals surface area (Å²) in [5.41, 5.74) is 1.83. The van der Waals surface area contributed by atoms with Crippen molar-refractivity contribution in [2.45, 2.75) is 6.54 Å². The zero-order valence-electron chi connectivity index (χ0n) is 11.0. The Morgan fingerprint density at radius 2 is 2.10 bits per heavy atom. The topological polar surface area (TPSA) is 46.9 Å². The number of nitrogens with one attached hydrogen (secondary N) is 1. The molecule has 6 heteroatoms. The number of hydrogen-bond acceptors (Lipinski definition) is 3. The van der Waals surface area contributed by atoms with Crippen LogP contribution in [0, 0.1) is 0 Å². The van der Waals surface area contributed by atoms with E-state index in [2.05, 4.69) is 26.3 Å². The van der Waals surface area contributed by atoms with Gasteiger partial charge in [0.25, 0.3) is 5.91 Å². The summed E-state index contributed by atoms with van der Waals surface area (Å²) in [6.45, 7) is 0.623. The van der Waals surface area contributed by atoms with Gasteiger partial charge in [-0.3, -0.25) is 9.48 Å². The minimum absolute atomic E-state index is 0.0985. The molecule has 2 heterocycles. The van der Waals surface area contributed by atoms with Gasteiger partial charge < -0.3 is 5.32 Å². The number of carbonyl (C=O) groups is 1. The molecular formula is C15H12BrN3OS. The number of amides is 1. The number of halogens is 1. The summed E-state index contributed by atoms with van der Waals surface area (Å²) in [6.07, 6.45) is 3.64. The van der Waals surface area contributed by atoms with Gasteiger partial charge in [-0.1, -0.05) is 18.2 Å². The number of anilines is 1. The number of nitrogens with zero attached hydrogens (tertiary/aromatic N) is 2. The summed E-state index contributed by atoms with van der Waals surface area (Å²) in [4.78, 5) is 12.9. The van der Waals surface area contributed by atoms with E-state index in [1.165, 1.54) is 11.3 Å². The predicted octanol–water partition coefficient (Wildman–Crippen LogP) is 4.01. The van der Waals surface area contributed by atoms with Crippen LogP contribution in [0.25, 0.3) is 0 Å². The molecule has 21 heavy (non-hydrogen) atoms. The Morgan fingerprint density at radius 1 is 1.24 bits per heavy atom. The van der Waals surface area contributed by atoms with Crippen LogP contribution in [0.3, 0.4) is 0 Å². The molecule has 0 bridgehead atoms. The summed E-state index contributed by atoms with van der Waals surface area (Å²) in [5, 5.41) is 7.16. The highest BCUT2D eigenvalue weighted by molar-refractivity contribution is 9.11. The second kappa shape index (κ2) is 6.24. The van der Waals surface area contributed by atoms with E-state index in [1.54, 1.807) is 12.3 Å². The Kier molecular flexibility index (Phi) is 4.17. The minimum atomic E-state index is -0.0985. The number of rotatable bonds is 4. The van der Waals surface area contributed by atoms with Crippen molar-refractivity contribution in [1.29, 1.82) is 0 Å². The van der Waals surface area contributed by atoms with Crippen molar-refractivity contribution < 1.29 is 4.79 Å². The van der Waals surface area contributed by atoms with E-state index in [-0.39, 0.29) is 5.91 Å². The van der Waals surface area contributed by atoms with Crippen molar-refractivity contribution in [3.05, 3.63) is 69.1 Å². The van der Waals surface area contributed by atoms with Gasteiger partial charge in [0.15, 0.2) is 0 Å². The van der Waals surface area contributed by atoms with Gasteiger partial charge in [0, 0.05) is 18.1 Å². The second-order valence-electron chi connectivity index (χ2n) is 4.42. The lowest BCUT2D eigenvalue weighted by molar-refractivity contribution is 0.103. The first kappa shape index (κ1) is 14.0. The summed E-state index contributed by atoms with van der Waals surface area (Å²) in [7, 11) is 0. The number of thiophene rings is 1. The normalized spacial score (nSPS) is 10.5. The predicted molar refractivity (Wildman–Crippen MR) is 87.7 cm³/mol. The highest BCUT2D eigenvalue weighted by atomic mass is 79.9. The van der Waals surface area contributed by atoms with E-state index in [0.717, 1.165) is 15.0 Å². The standard InChI is InChI=1S/C15H12BrN3OS/c16-14-7-6-13(21-14)15(20)18-12-5-2-1-4-11(12)10-19-9-3-8-17-19/h1-9H,10H2,(H,18,20). The van der Waals surface area contributed by atoms with Gasteiger partial charge in [-0.25, -0.2) is 0 Å². The van der Waals surface area contributed by atoms with E-state index in [4.69, 9.17) is 0 Å². The molecule has 4 nitrogen and oxygen atoms in total. The quantitative estimate of drug-likeness (QED) is 0.762. The van der Waals surface area contributed by atoms with E-state index in [0.29, 0.717) is 11.4 Å². The van der Waals surface area contributed by atoms with Crippen molar-refractivity contribution in [3.63, 3.8) is 0 Å². The molecule has 0 saturated heterocycles. The van der Waals surface area contributed by atoms with Crippen LogP contribution in [0.1, 0.15) is 15.2 Å². The number of para-hydroxylation sites is 1. The fourth-order valence-corrected chi connectivity index (χ4v) is 3.25. The lowest BCUT2D eigenvalue weighted by atomic mass is 10.1. The number of carbonyl (C=O) groups excluding carboxylic acids is 1. The van der Waals surface area contributed by atoms with Gasteiger partial charge in [-0.2, -0.15) is 5.10 Å². The molecule has 0 spiro atoms. The second-order valence-corrected chi connectivity index (χ2v) is 6.88. The Hall–Kier alpha value is -1.92. The molecule has 0 atom stereocenters. The van der Waals surface area contributed by atoms with Crippen LogP contribution < -0.4 is 5.32 Å². The maximum atomic E-state index is 12.2. The maximum Gasteiger partial charge on any atom is 0.265 e. The van der Waals surface area contributed by atoms with Crippen LogP contribution in [-0.2, 0) is 6.54 Å². The molecule has 1 amide bonds. The SMILES string of the molecule is O=C(Nc1ccccc1Cn1cccn1)c1ccc(Br)s1. The number of hydrogen-bond donors (Lipinski definition) is 1. The molecule has 1 N–H and O–H groups in total. The van der Waals surface area contributed by atoms with Crippen LogP contribution >= 0.6 is 27.3 Å². The van der Waals surface area contributed by atoms with Crippen molar-refractivity contribution >= 4 is 38.9 Å².